The fraction of sp³-hybridized carbons (Fsp3) is 0.130. The van der Waals surface area contributed by atoms with Gasteiger partial charge in [0.05, 0.1) is 22.6 Å². The number of carbonyl (C=O) groups is 1. The van der Waals surface area contributed by atoms with Crippen LogP contribution in [0.4, 0.5) is 10.1 Å². The van der Waals surface area contributed by atoms with Crippen molar-refractivity contribution in [1.82, 2.24) is 9.73 Å². The van der Waals surface area contributed by atoms with Gasteiger partial charge in [0.1, 0.15) is 5.82 Å². The molecule has 0 spiro atoms. The Hall–Kier alpha value is -3.67. The largest absolute Gasteiger partial charge is 0.272 e. The molecule has 0 bridgehead atoms. The first-order valence-electron chi connectivity index (χ1n) is 10.1. The van der Waals surface area contributed by atoms with Gasteiger partial charge in [0, 0.05) is 29.3 Å². The smallest absolute Gasteiger partial charge is 0.269 e. The van der Waals surface area contributed by atoms with Crippen LogP contribution in [0.15, 0.2) is 76.7 Å². The second-order valence-corrected chi connectivity index (χ2v) is 9.77. The van der Waals surface area contributed by atoms with Gasteiger partial charge in [-0.2, -0.15) is 9.41 Å². The highest BCUT2D eigenvalue weighted by atomic mass is 35.5. The molecule has 182 valence electrons. The highest BCUT2D eigenvalue weighted by molar-refractivity contribution is 7.89. The second kappa shape index (κ2) is 11.2. The molecule has 3 aromatic rings. The van der Waals surface area contributed by atoms with Crippen LogP contribution in [0.5, 0.6) is 0 Å². The summed E-state index contributed by atoms with van der Waals surface area (Å²) in [6.07, 6.45) is 1.24. The summed E-state index contributed by atoms with van der Waals surface area (Å²) in [5.74, 6) is -1.50. The standard InChI is InChI=1S/C23H20ClFN4O5S/c1-16-5-11-19(12-6-16)35(33,34)28(14-20-21(24)3-2-4-22(20)25)15-23(30)27-26-13-17-7-9-18(10-8-17)29(31)32/h2-13H,14-15H2,1H3,(H,27,30)/b26-13-. The number of nitrogens with one attached hydrogen (secondary N) is 1. The van der Waals surface area contributed by atoms with E-state index < -0.39 is 39.8 Å². The molecule has 0 aliphatic carbocycles. The number of hydrogen-bond donors (Lipinski definition) is 1. The lowest BCUT2D eigenvalue weighted by atomic mass is 10.2. The van der Waals surface area contributed by atoms with E-state index in [1.807, 2.05) is 0 Å². The molecule has 9 nitrogen and oxygen atoms in total. The monoisotopic (exact) mass is 518 g/mol. The van der Waals surface area contributed by atoms with E-state index in [2.05, 4.69) is 10.5 Å². The van der Waals surface area contributed by atoms with Gasteiger partial charge in [-0.05, 0) is 48.9 Å². The summed E-state index contributed by atoms with van der Waals surface area (Å²) in [5, 5.41) is 14.5. The van der Waals surface area contributed by atoms with Crippen LogP contribution in [-0.4, -0.2) is 36.3 Å². The summed E-state index contributed by atoms with van der Waals surface area (Å²) >= 11 is 6.08. The number of carbonyl (C=O) groups excluding carboxylic acids is 1. The van der Waals surface area contributed by atoms with Gasteiger partial charge in [0.15, 0.2) is 0 Å². The van der Waals surface area contributed by atoms with Gasteiger partial charge in [-0.1, -0.05) is 35.4 Å². The van der Waals surface area contributed by atoms with Gasteiger partial charge in [-0.15, -0.1) is 0 Å². The zero-order valence-electron chi connectivity index (χ0n) is 18.4. The van der Waals surface area contributed by atoms with Crippen molar-refractivity contribution in [2.24, 2.45) is 5.10 Å². The van der Waals surface area contributed by atoms with Crippen LogP contribution in [0.25, 0.3) is 0 Å². The Balaban J connectivity index is 1.81. The van der Waals surface area contributed by atoms with Crippen LogP contribution in [0.3, 0.4) is 0 Å². The molecule has 35 heavy (non-hydrogen) atoms. The van der Waals surface area contributed by atoms with E-state index in [4.69, 9.17) is 11.6 Å². The van der Waals surface area contributed by atoms with Crippen molar-refractivity contribution in [3.8, 4) is 0 Å². The number of benzene rings is 3. The molecule has 0 saturated carbocycles. The number of nitro groups is 1. The molecule has 3 rings (SSSR count). The van der Waals surface area contributed by atoms with Crippen LogP contribution in [-0.2, 0) is 21.4 Å². The van der Waals surface area contributed by atoms with Crippen LogP contribution in [0.1, 0.15) is 16.7 Å². The van der Waals surface area contributed by atoms with Crippen molar-refractivity contribution < 1.29 is 22.5 Å². The topological polar surface area (TPSA) is 122 Å². The Bertz CT molecular complexity index is 1340. The summed E-state index contributed by atoms with van der Waals surface area (Å²) in [7, 11) is -4.20. The molecule has 1 amide bonds. The first-order valence-corrected chi connectivity index (χ1v) is 12.0. The van der Waals surface area contributed by atoms with Crippen LogP contribution >= 0.6 is 11.6 Å². The number of hydrogen-bond acceptors (Lipinski definition) is 6. The number of nitrogens with zero attached hydrogens (tertiary/aromatic N) is 3. The third kappa shape index (κ3) is 6.69. The lowest BCUT2D eigenvalue weighted by Gasteiger charge is -2.22. The van der Waals surface area contributed by atoms with Crippen molar-refractivity contribution in [2.75, 3.05) is 6.54 Å². The zero-order chi connectivity index (χ0) is 25.6. The van der Waals surface area contributed by atoms with E-state index in [0.717, 1.165) is 15.9 Å². The van der Waals surface area contributed by atoms with Gasteiger partial charge in [-0.3, -0.25) is 14.9 Å². The number of aryl methyl sites for hydroxylation is 1. The fourth-order valence-electron chi connectivity index (χ4n) is 3.00. The molecular weight excluding hydrogens is 499 g/mol. The third-order valence-electron chi connectivity index (χ3n) is 4.88. The van der Waals surface area contributed by atoms with E-state index >= 15 is 0 Å². The molecule has 0 heterocycles. The first kappa shape index (κ1) is 25.9. The van der Waals surface area contributed by atoms with E-state index in [0.29, 0.717) is 5.56 Å². The highest BCUT2D eigenvalue weighted by Crippen LogP contribution is 2.24. The number of nitro benzene ring substituents is 1. The molecule has 0 aromatic heterocycles. The van der Waals surface area contributed by atoms with Crippen molar-refractivity contribution in [3.63, 3.8) is 0 Å². The van der Waals surface area contributed by atoms with Gasteiger partial charge < -0.3 is 0 Å². The number of amides is 1. The maximum Gasteiger partial charge on any atom is 0.269 e. The van der Waals surface area contributed by atoms with Crippen LogP contribution in [0.2, 0.25) is 5.02 Å². The van der Waals surface area contributed by atoms with E-state index in [-0.39, 0.29) is 21.2 Å². The normalized spacial score (nSPS) is 11.7. The molecule has 12 heteroatoms. The average molecular weight is 519 g/mol. The maximum atomic E-state index is 14.4. The third-order valence-corrected chi connectivity index (χ3v) is 7.04. The van der Waals surface area contributed by atoms with Gasteiger partial charge >= 0.3 is 0 Å². The van der Waals surface area contributed by atoms with Crippen molar-refractivity contribution in [1.29, 1.82) is 0 Å². The predicted octanol–water partition coefficient (Wildman–Crippen LogP) is 4.04. The Kier molecular flexibility index (Phi) is 8.28. The minimum absolute atomic E-state index is 0.0192. The SMILES string of the molecule is Cc1ccc(S(=O)(=O)N(CC(=O)N/N=C\c2ccc([N+](=O)[O-])cc2)Cc2c(F)cccc2Cl)cc1. The average Bonchev–Trinajstić information content (AvgIpc) is 2.81. The molecule has 0 fully saturated rings. The number of non-ortho nitro benzene ring substituents is 1. The molecule has 0 saturated heterocycles. The molecule has 0 aliphatic heterocycles. The highest BCUT2D eigenvalue weighted by Gasteiger charge is 2.28. The molecule has 0 radical (unpaired) electrons. The molecule has 3 aromatic carbocycles. The van der Waals surface area contributed by atoms with Gasteiger partial charge in [0.25, 0.3) is 11.6 Å². The molecule has 0 atom stereocenters. The first-order chi connectivity index (χ1) is 16.6. The van der Waals surface area contributed by atoms with Crippen molar-refractivity contribution in [3.05, 3.63) is 104 Å². The minimum atomic E-state index is -4.20. The quantitative estimate of drug-likeness (QED) is 0.260. The number of halogens is 2. The van der Waals surface area contributed by atoms with Crippen molar-refractivity contribution >= 4 is 39.4 Å². The number of hydrazone groups is 1. The van der Waals surface area contributed by atoms with E-state index in [1.165, 1.54) is 54.7 Å². The Morgan fingerprint density at radius 3 is 2.40 bits per heavy atom. The number of rotatable bonds is 9. The van der Waals surface area contributed by atoms with E-state index in [9.17, 15) is 27.7 Å². The molecule has 0 aliphatic rings. The summed E-state index contributed by atoms with van der Waals surface area (Å²) in [5.41, 5.74) is 3.34. The summed E-state index contributed by atoms with van der Waals surface area (Å²) in [6.45, 7) is 0.642. The lowest BCUT2D eigenvalue weighted by molar-refractivity contribution is -0.384. The number of sulfonamides is 1. The summed E-state index contributed by atoms with van der Waals surface area (Å²) < 4.78 is 41.7. The summed E-state index contributed by atoms with van der Waals surface area (Å²) in [6, 6.07) is 15.4. The second-order valence-electron chi connectivity index (χ2n) is 7.43. The van der Waals surface area contributed by atoms with Gasteiger partial charge in [-0.25, -0.2) is 18.2 Å². The van der Waals surface area contributed by atoms with Crippen LogP contribution < -0.4 is 5.43 Å². The predicted molar refractivity (Wildman–Crippen MR) is 129 cm³/mol. The van der Waals surface area contributed by atoms with Crippen molar-refractivity contribution in [2.45, 2.75) is 18.4 Å². The van der Waals surface area contributed by atoms with Gasteiger partial charge in [0.2, 0.25) is 10.0 Å². The molecule has 1 N–H and O–H groups in total. The minimum Gasteiger partial charge on any atom is -0.272 e. The Labute approximate surface area is 206 Å². The maximum absolute atomic E-state index is 14.4. The fourth-order valence-corrected chi connectivity index (χ4v) is 4.59. The molecular formula is C23H20ClFN4O5S. The molecule has 0 unspecified atom stereocenters. The zero-order valence-corrected chi connectivity index (χ0v) is 20.0. The summed E-state index contributed by atoms with van der Waals surface area (Å²) in [4.78, 5) is 22.6. The Morgan fingerprint density at radius 1 is 1.14 bits per heavy atom. The Morgan fingerprint density at radius 2 is 1.80 bits per heavy atom. The van der Waals surface area contributed by atoms with E-state index in [1.54, 1.807) is 19.1 Å². The van der Waals surface area contributed by atoms with Crippen LogP contribution in [0, 0.1) is 22.9 Å². The lowest BCUT2D eigenvalue weighted by Crippen LogP contribution is -2.39.